The molecule has 7 heteroatoms. The summed E-state index contributed by atoms with van der Waals surface area (Å²) in [5.74, 6) is -0.179. The minimum Gasteiger partial charge on any atom is -0.296 e. The van der Waals surface area contributed by atoms with Gasteiger partial charge in [0.15, 0.2) is 5.01 Å². The van der Waals surface area contributed by atoms with Crippen molar-refractivity contribution in [3.05, 3.63) is 59.6 Å². The van der Waals surface area contributed by atoms with Crippen LogP contribution in [0.5, 0.6) is 0 Å². The Hall–Kier alpha value is -2.64. The highest BCUT2D eigenvalue weighted by atomic mass is 32.1. The van der Waals surface area contributed by atoms with Gasteiger partial charge in [0.05, 0.1) is 5.56 Å². The van der Waals surface area contributed by atoms with Gasteiger partial charge < -0.3 is 0 Å². The van der Waals surface area contributed by atoms with Crippen LogP contribution in [0.1, 0.15) is 10.4 Å². The summed E-state index contributed by atoms with van der Waals surface area (Å²) in [5, 5.41) is 15.1. The SMILES string of the molecule is O=C(Nc1nnc(-c2ccccn2)s1)c1cccc2ccsc12. The fourth-order valence-electron chi connectivity index (χ4n) is 2.20. The Balaban J connectivity index is 1.60. The Labute approximate surface area is 139 Å². The lowest BCUT2D eigenvalue weighted by Gasteiger charge is -2.02. The number of nitrogens with zero attached hydrogens (tertiary/aromatic N) is 3. The van der Waals surface area contributed by atoms with Crippen molar-refractivity contribution >= 4 is 43.8 Å². The summed E-state index contributed by atoms with van der Waals surface area (Å²) in [4.78, 5) is 16.7. The number of anilines is 1. The summed E-state index contributed by atoms with van der Waals surface area (Å²) in [5.41, 5.74) is 1.39. The molecule has 4 aromatic rings. The average Bonchev–Trinajstić information content (AvgIpc) is 3.24. The minimum absolute atomic E-state index is 0.179. The van der Waals surface area contributed by atoms with E-state index in [1.807, 2.05) is 47.8 Å². The summed E-state index contributed by atoms with van der Waals surface area (Å²) < 4.78 is 0.972. The van der Waals surface area contributed by atoms with Crippen molar-refractivity contribution in [2.75, 3.05) is 5.32 Å². The number of nitrogens with one attached hydrogen (secondary N) is 1. The van der Waals surface area contributed by atoms with Gasteiger partial charge in [0.2, 0.25) is 5.13 Å². The zero-order valence-corrected chi connectivity index (χ0v) is 13.4. The number of amides is 1. The molecule has 23 heavy (non-hydrogen) atoms. The number of carbonyl (C=O) groups is 1. The van der Waals surface area contributed by atoms with E-state index < -0.39 is 0 Å². The molecule has 0 aliphatic carbocycles. The monoisotopic (exact) mass is 338 g/mol. The van der Waals surface area contributed by atoms with Crippen LogP contribution in [-0.2, 0) is 0 Å². The van der Waals surface area contributed by atoms with Crippen LogP contribution in [0.25, 0.3) is 20.8 Å². The second kappa shape index (κ2) is 5.86. The number of aromatic nitrogens is 3. The molecule has 1 N–H and O–H groups in total. The van der Waals surface area contributed by atoms with Crippen LogP contribution in [0.4, 0.5) is 5.13 Å². The van der Waals surface area contributed by atoms with Crippen molar-refractivity contribution in [2.45, 2.75) is 0 Å². The van der Waals surface area contributed by atoms with Crippen molar-refractivity contribution < 1.29 is 4.79 Å². The Bertz CT molecular complexity index is 978. The van der Waals surface area contributed by atoms with E-state index in [1.165, 1.54) is 11.3 Å². The Morgan fingerprint density at radius 2 is 2.00 bits per heavy atom. The molecule has 112 valence electrons. The van der Waals surface area contributed by atoms with Crippen LogP contribution >= 0.6 is 22.7 Å². The summed E-state index contributed by atoms with van der Waals surface area (Å²) in [7, 11) is 0. The molecule has 5 nitrogen and oxygen atoms in total. The number of thiophene rings is 1. The molecule has 0 aliphatic rings. The van der Waals surface area contributed by atoms with Gasteiger partial charge in [-0.15, -0.1) is 21.5 Å². The summed E-state index contributed by atoms with van der Waals surface area (Å²) >= 11 is 2.85. The molecule has 3 aromatic heterocycles. The highest BCUT2D eigenvalue weighted by Crippen LogP contribution is 2.27. The maximum atomic E-state index is 12.5. The first kappa shape index (κ1) is 14.0. The topological polar surface area (TPSA) is 67.8 Å². The summed E-state index contributed by atoms with van der Waals surface area (Å²) in [6.07, 6.45) is 1.70. The van der Waals surface area contributed by atoms with E-state index in [9.17, 15) is 4.79 Å². The number of hydrogen-bond donors (Lipinski definition) is 1. The molecule has 4 rings (SSSR count). The maximum Gasteiger partial charge on any atom is 0.258 e. The molecule has 0 saturated carbocycles. The van der Waals surface area contributed by atoms with E-state index in [-0.39, 0.29) is 5.91 Å². The van der Waals surface area contributed by atoms with Gasteiger partial charge in [-0.2, -0.15) is 0 Å². The number of pyridine rings is 1. The third-order valence-electron chi connectivity index (χ3n) is 3.25. The van der Waals surface area contributed by atoms with Crippen molar-refractivity contribution in [1.29, 1.82) is 0 Å². The van der Waals surface area contributed by atoms with Gasteiger partial charge in [-0.1, -0.05) is 29.5 Å². The molecule has 0 saturated heterocycles. The van der Waals surface area contributed by atoms with Crippen LogP contribution in [0.15, 0.2) is 54.0 Å². The molecule has 0 bridgehead atoms. The lowest BCUT2D eigenvalue weighted by molar-refractivity contribution is 0.102. The zero-order chi connectivity index (χ0) is 15.6. The van der Waals surface area contributed by atoms with Crippen molar-refractivity contribution in [3.63, 3.8) is 0 Å². The molecular weight excluding hydrogens is 328 g/mol. The molecule has 1 amide bonds. The first-order valence-corrected chi connectivity index (χ1v) is 8.53. The van der Waals surface area contributed by atoms with Gasteiger partial charge in [-0.25, -0.2) is 0 Å². The predicted octanol–water partition coefficient (Wildman–Crippen LogP) is 4.07. The molecule has 0 atom stereocenters. The normalized spacial score (nSPS) is 10.8. The van der Waals surface area contributed by atoms with E-state index in [0.717, 1.165) is 15.8 Å². The highest BCUT2D eigenvalue weighted by molar-refractivity contribution is 7.18. The Kier molecular flexibility index (Phi) is 3.57. The fourth-order valence-corrected chi connectivity index (χ4v) is 3.83. The molecule has 0 aliphatic heterocycles. The smallest absolute Gasteiger partial charge is 0.258 e. The van der Waals surface area contributed by atoms with Gasteiger partial charge in [0.25, 0.3) is 5.91 Å². The Morgan fingerprint density at radius 3 is 2.87 bits per heavy atom. The van der Waals surface area contributed by atoms with Crippen LogP contribution in [0.2, 0.25) is 0 Å². The molecule has 0 radical (unpaired) electrons. The highest BCUT2D eigenvalue weighted by Gasteiger charge is 2.14. The van der Waals surface area contributed by atoms with Crippen LogP contribution in [0, 0.1) is 0 Å². The zero-order valence-electron chi connectivity index (χ0n) is 11.8. The third kappa shape index (κ3) is 2.71. The molecule has 1 aromatic carbocycles. The van der Waals surface area contributed by atoms with Crippen molar-refractivity contribution in [1.82, 2.24) is 15.2 Å². The van der Waals surface area contributed by atoms with Gasteiger partial charge in [0, 0.05) is 10.9 Å². The number of fused-ring (bicyclic) bond motifs is 1. The van der Waals surface area contributed by atoms with E-state index in [1.54, 1.807) is 17.5 Å². The lowest BCUT2D eigenvalue weighted by Crippen LogP contribution is -2.11. The Morgan fingerprint density at radius 1 is 1.04 bits per heavy atom. The standard InChI is InChI=1S/C16H10N4OS2/c21-14(11-5-3-4-10-7-9-22-13(10)11)18-16-20-19-15(23-16)12-6-1-2-8-17-12/h1-9H,(H,18,20,21). The van der Waals surface area contributed by atoms with Crippen LogP contribution in [0.3, 0.4) is 0 Å². The van der Waals surface area contributed by atoms with Crippen molar-refractivity contribution in [3.8, 4) is 10.7 Å². The molecular formula is C16H10N4OS2. The summed E-state index contributed by atoms with van der Waals surface area (Å²) in [6, 6.07) is 13.3. The summed E-state index contributed by atoms with van der Waals surface area (Å²) in [6.45, 7) is 0. The molecule has 0 unspecified atom stereocenters. The lowest BCUT2D eigenvalue weighted by atomic mass is 10.1. The number of benzene rings is 1. The molecule has 3 heterocycles. The number of hydrogen-bond acceptors (Lipinski definition) is 6. The van der Waals surface area contributed by atoms with E-state index >= 15 is 0 Å². The average molecular weight is 338 g/mol. The quantitative estimate of drug-likeness (QED) is 0.611. The van der Waals surface area contributed by atoms with Crippen LogP contribution in [-0.4, -0.2) is 21.1 Å². The van der Waals surface area contributed by atoms with E-state index in [0.29, 0.717) is 15.7 Å². The molecule has 0 fully saturated rings. The first-order valence-electron chi connectivity index (χ1n) is 6.84. The van der Waals surface area contributed by atoms with E-state index in [4.69, 9.17) is 0 Å². The van der Waals surface area contributed by atoms with Crippen LogP contribution < -0.4 is 5.32 Å². The van der Waals surface area contributed by atoms with Gasteiger partial charge in [0.1, 0.15) is 5.69 Å². The second-order valence-electron chi connectivity index (χ2n) is 4.73. The first-order chi connectivity index (χ1) is 11.3. The third-order valence-corrected chi connectivity index (χ3v) is 5.08. The maximum absolute atomic E-state index is 12.5. The largest absolute Gasteiger partial charge is 0.296 e. The van der Waals surface area contributed by atoms with Gasteiger partial charge >= 0.3 is 0 Å². The predicted molar refractivity (Wildman–Crippen MR) is 92.9 cm³/mol. The van der Waals surface area contributed by atoms with Crippen molar-refractivity contribution in [2.24, 2.45) is 0 Å². The minimum atomic E-state index is -0.179. The van der Waals surface area contributed by atoms with Gasteiger partial charge in [-0.3, -0.25) is 15.1 Å². The molecule has 0 spiro atoms. The van der Waals surface area contributed by atoms with E-state index in [2.05, 4.69) is 20.5 Å². The number of rotatable bonds is 3. The fraction of sp³-hybridized carbons (Fsp3) is 0. The van der Waals surface area contributed by atoms with Gasteiger partial charge in [-0.05, 0) is 35.0 Å². The number of carbonyl (C=O) groups excluding carboxylic acids is 1. The second-order valence-corrected chi connectivity index (χ2v) is 6.62.